The van der Waals surface area contributed by atoms with Gasteiger partial charge in [-0.1, -0.05) is 18.2 Å². The summed E-state index contributed by atoms with van der Waals surface area (Å²) in [5, 5.41) is 0. The molecule has 3 rings (SSSR count). The Balaban J connectivity index is 0.00000225. The highest BCUT2D eigenvalue weighted by Crippen LogP contribution is 2.30. The number of piperazine rings is 1. The number of nitrogens with two attached hydrogens (primary N) is 1. The number of nitrogens with zero attached hydrogens (tertiary/aromatic N) is 2. The fourth-order valence-electron chi connectivity index (χ4n) is 2.90. The van der Waals surface area contributed by atoms with E-state index < -0.39 is 6.04 Å². The Morgan fingerprint density at radius 3 is 2.52 bits per heavy atom. The third-order valence-electron chi connectivity index (χ3n) is 4.25. The molecule has 0 bridgehead atoms. The van der Waals surface area contributed by atoms with Crippen molar-refractivity contribution in [2.24, 2.45) is 5.73 Å². The van der Waals surface area contributed by atoms with Gasteiger partial charge in [0.05, 0.1) is 6.04 Å². The molecule has 1 saturated heterocycles. The number of thiophene rings is 1. The maximum absolute atomic E-state index is 13.9. The summed E-state index contributed by atoms with van der Waals surface area (Å²) < 4.78 is 13.9. The van der Waals surface area contributed by atoms with Crippen LogP contribution in [0.15, 0.2) is 36.4 Å². The molecule has 25 heavy (non-hydrogen) atoms. The zero-order valence-corrected chi connectivity index (χ0v) is 15.8. The SMILES string of the molecule is CC(N)C(=O)N1CCN(Cc2ccc(-c3ccccc3F)s2)CC1.Cl. The van der Waals surface area contributed by atoms with Crippen LogP contribution in [0.2, 0.25) is 0 Å². The van der Waals surface area contributed by atoms with Crippen molar-refractivity contribution in [3.8, 4) is 10.4 Å². The lowest BCUT2D eigenvalue weighted by Crippen LogP contribution is -2.52. The molecule has 4 nitrogen and oxygen atoms in total. The number of halogens is 2. The summed E-state index contributed by atoms with van der Waals surface area (Å²) in [4.78, 5) is 18.2. The third kappa shape index (κ3) is 4.79. The van der Waals surface area contributed by atoms with E-state index in [0.717, 1.165) is 24.5 Å². The Morgan fingerprint density at radius 1 is 1.20 bits per heavy atom. The molecule has 1 aliphatic rings. The minimum absolute atomic E-state index is 0. The van der Waals surface area contributed by atoms with Crippen LogP contribution in [0.4, 0.5) is 4.39 Å². The van der Waals surface area contributed by atoms with E-state index in [1.165, 1.54) is 10.9 Å². The standard InChI is InChI=1S/C18H22FN3OS.ClH/c1-13(20)18(23)22-10-8-21(9-11-22)12-14-6-7-17(24-14)15-4-2-3-5-16(15)19;/h2-7,13H,8-12,20H2,1H3;1H. The van der Waals surface area contributed by atoms with Crippen molar-refractivity contribution < 1.29 is 9.18 Å². The van der Waals surface area contributed by atoms with Crippen LogP contribution in [0.1, 0.15) is 11.8 Å². The maximum Gasteiger partial charge on any atom is 0.239 e. The van der Waals surface area contributed by atoms with E-state index in [2.05, 4.69) is 11.0 Å². The number of carbonyl (C=O) groups is 1. The van der Waals surface area contributed by atoms with Gasteiger partial charge in [-0.05, 0) is 25.1 Å². The predicted molar refractivity (Wildman–Crippen MR) is 102 cm³/mol. The predicted octanol–water partition coefficient (Wildman–Crippen LogP) is 2.97. The summed E-state index contributed by atoms with van der Waals surface area (Å²) in [5.74, 6) is -0.165. The molecule has 0 saturated carbocycles. The average Bonchev–Trinajstić information content (AvgIpc) is 3.03. The number of hydrogen-bond donors (Lipinski definition) is 1. The average molecular weight is 384 g/mol. The number of benzene rings is 1. The first-order valence-electron chi connectivity index (χ1n) is 8.15. The fourth-order valence-corrected chi connectivity index (χ4v) is 3.98. The van der Waals surface area contributed by atoms with E-state index in [1.807, 2.05) is 23.1 Å². The molecule has 1 aromatic heterocycles. The summed E-state index contributed by atoms with van der Waals surface area (Å²) >= 11 is 1.62. The van der Waals surface area contributed by atoms with Crippen LogP contribution in [0.25, 0.3) is 10.4 Å². The zero-order valence-electron chi connectivity index (χ0n) is 14.2. The molecule has 1 aliphatic heterocycles. The van der Waals surface area contributed by atoms with Gasteiger partial charge in [-0.15, -0.1) is 23.7 Å². The molecule has 0 spiro atoms. The molecule has 2 aromatic rings. The topological polar surface area (TPSA) is 49.6 Å². The van der Waals surface area contributed by atoms with Gasteiger partial charge in [-0.3, -0.25) is 9.69 Å². The van der Waals surface area contributed by atoms with Gasteiger partial charge in [-0.25, -0.2) is 4.39 Å². The lowest BCUT2D eigenvalue weighted by molar-refractivity contribution is -0.134. The van der Waals surface area contributed by atoms with E-state index in [4.69, 9.17) is 5.73 Å². The van der Waals surface area contributed by atoms with Crippen LogP contribution in [0, 0.1) is 5.82 Å². The van der Waals surface area contributed by atoms with Gasteiger partial charge in [0.1, 0.15) is 5.82 Å². The first kappa shape index (κ1) is 19.8. The molecule has 2 N–H and O–H groups in total. The van der Waals surface area contributed by atoms with E-state index in [1.54, 1.807) is 24.3 Å². The van der Waals surface area contributed by atoms with Crippen LogP contribution in [0.3, 0.4) is 0 Å². The first-order valence-corrected chi connectivity index (χ1v) is 8.96. The Bertz CT molecular complexity index is 714. The molecule has 2 heterocycles. The second-order valence-corrected chi connectivity index (χ2v) is 7.30. The van der Waals surface area contributed by atoms with E-state index in [9.17, 15) is 9.18 Å². The Hall–Kier alpha value is -1.47. The van der Waals surface area contributed by atoms with Gasteiger partial charge in [0.15, 0.2) is 0 Å². The normalized spacial score (nSPS) is 16.4. The molecular weight excluding hydrogens is 361 g/mol. The smallest absolute Gasteiger partial charge is 0.239 e. The van der Waals surface area contributed by atoms with Crippen LogP contribution >= 0.6 is 23.7 Å². The minimum Gasteiger partial charge on any atom is -0.339 e. The van der Waals surface area contributed by atoms with Crippen LogP contribution in [0.5, 0.6) is 0 Å². The van der Waals surface area contributed by atoms with E-state index >= 15 is 0 Å². The third-order valence-corrected chi connectivity index (χ3v) is 5.36. The molecule has 1 unspecified atom stereocenters. The van der Waals surface area contributed by atoms with Gasteiger partial charge in [0, 0.05) is 48.0 Å². The van der Waals surface area contributed by atoms with E-state index in [0.29, 0.717) is 18.7 Å². The van der Waals surface area contributed by atoms with Crippen molar-refractivity contribution in [1.29, 1.82) is 0 Å². The Kier molecular flexibility index (Phi) is 6.95. The summed E-state index contributed by atoms with van der Waals surface area (Å²) in [6.45, 7) is 5.67. The highest BCUT2D eigenvalue weighted by Gasteiger charge is 2.23. The lowest BCUT2D eigenvalue weighted by atomic mass is 10.2. The van der Waals surface area contributed by atoms with Crippen molar-refractivity contribution in [2.45, 2.75) is 19.5 Å². The summed E-state index contributed by atoms with van der Waals surface area (Å²) in [7, 11) is 0. The second kappa shape index (κ2) is 8.76. The van der Waals surface area contributed by atoms with Gasteiger partial charge in [0.2, 0.25) is 5.91 Å². The summed E-state index contributed by atoms with van der Waals surface area (Å²) in [6.07, 6.45) is 0. The number of hydrogen-bond acceptors (Lipinski definition) is 4. The summed E-state index contributed by atoms with van der Waals surface area (Å²) in [5.41, 5.74) is 6.32. The fraction of sp³-hybridized carbons (Fsp3) is 0.389. The lowest BCUT2D eigenvalue weighted by Gasteiger charge is -2.35. The molecular formula is C18H23ClFN3OS. The maximum atomic E-state index is 13.9. The summed E-state index contributed by atoms with van der Waals surface area (Å²) in [6, 6.07) is 10.5. The van der Waals surface area contributed by atoms with Crippen LogP contribution in [-0.2, 0) is 11.3 Å². The van der Waals surface area contributed by atoms with E-state index in [-0.39, 0.29) is 24.1 Å². The van der Waals surface area contributed by atoms with Crippen LogP contribution < -0.4 is 5.73 Å². The van der Waals surface area contributed by atoms with Crippen molar-refractivity contribution in [1.82, 2.24) is 9.80 Å². The Morgan fingerprint density at radius 2 is 1.88 bits per heavy atom. The molecule has 0 radical (unpaired) electrons. The van der Waals surface area contributed by atoms with Gasteiger partial charge < -0.3 is 10.6 Å². The van der Waals surface area contributed by atoms with Gasteiger partial charge in [-0.2, -0.15) is 0 Å². The number of carbonyl (C=O) groups excluding carboxylic acids is 1. The highest BCUT2D eigenvalue weighted by atomic mass is 35.5. The van der Waals surface area contributed by atoms with Crippen LogP contribution in [-0.4, -0.2) is 47.9 Å². The zero-order chi connectivity index (χ0) is 17.1. The molecule has 1 aromatic carbocycles. The Labute approximate surface area is 157 Å². The highest BCUT2D eigenvalue weighted by molar-refractivity contribution is 7.15. The largest absolute Gasteiger partial charge is 0.339 e. The molecule has 136 valence electrons. The molecule has 1 atom stereocenters. The first-order chi connectivity index (χ1) is 11.5. The molecule has 1 amide bonds. The molecule has 1 fully saturated rings. The molecule has 7 heteroatoms. The minimum atomic E-state index is -0.433. The number of amides is 1. The quantitative estimate of drug-likeness (QED) is 0.883. The van der Waals surface area contributed by atoms with Gasteiger partial charge in [0.25, 0.3) is 0 Å². The van der Waals surface area contributed by atoms with Crippen molar-refractivity contribution in [3.05, 3.63) is 47.1 Å². The monoisotopic (exact) mass is 383 g/mol. The number of rotatable bonds is 4. The van der Waals surface area contributed by atoms with Crippen molar-refractivity contribution in [3.63, 3.8) is 0 Å². The second-order valence-electron chi connectivity index (χ2n) is 6.14. The van der Waals surface area contributed by atoms with Crippen molar-refractivity contribution in [2.75, 3.05) is 26.2 Å². The van der Waals surface area contributed by atoms with Gasteiger partial charge >= 0.3 is 0 Å². The van der Waals surface area contributed by atoms with Crippen molar-refractivity contribution >= 4 is 29.7 Å². The molecule has 0 aliphatic carbocycles.